The van der Waals surface area contributed by atoms with Gasteiger partial charge < -0.3 is 14.6 Å². The molecule has 0 bridgehead atoms. The van der Waals surface area contributed by atoms with Crippen LogP contribution in [0.25, 0.3) is 0 Å². The minimum Gasteiger partial charge on any atom is -0.393 e. The first-order chi connectivity index (χ1) is 14.3. The summed E-state index contributed by atoms with van der Waals surface area (Å²) in [7, 11) is 0. The first-order valence-corrected chi connectivity index (χ1v) is 13.3. The standard InChI is InChI=1S/C27H44O3/c1-16-7-12-27(29-15-16)17(2)24-23(30-27)14-22-20-6-5-18-13-19(28)8-10-25(18,3)21(20)9-11-26(22,24)4/h16-24,28H,5-15H2,1-4H3/t16?,17-,18?,19+,20?,21?,22?,23?,24?,25?,26?,27+/m0/s1. The first-order valence-electron chi connectivity index (χ1n) is 13.3. The minimum absolute atomic E-state index is 0.0389. The molecule has 4 saturated carbocycles. The highest BCUT2D eigenvalue weighted by molar-refractivity contribution is 5.15. The number of aliphatic hydroxyl groups excluding tert-OH is 1. The van der Waals surface area contributed by atoms with Crippen molar-refractivity contribution in [2.75, 3.05) is 6.61 Å². The molecule has 3 heteroatoms. The van der Waals surface area contributed by atoms with E-state index >= 15 is 0 Å². The molecule has 2 saturated heterocycles. The summed E-state index contributed by atoms with van der Waals surface area (Å²) in [4.78, 5) is 0. The zero-order valence-electron chi connectivity index (χ0n) is 19.7. The summed E-state index contributed by atoms with van der Waals surface area (Å²) in [5, 5.41) is 10.3. The number of fused-ring (bicyclic) bond motifs is 7. The maximum atomic E-state index is 10.3. The highest BCUT2D eigenvalue weighted by Crippen LogP contribution is 2.71. The Bertz CT molecular complexity index is 684. The van der Waals surface area contributed by atoms with E-state index in [1.807, 2.05) is 0 Å². The van der Waals surface area contributed by atoms with Crippen LogP contribution in [0.15, 0.2) is 0 Å². The Hall–Kier alpha value is -0.120. The van der Waals surface area contributed by atoms with Crippen LogP contribution in [0.4, 0.5) is 0 Å². The topological polar surface area (TPSA) is 38.7 Å². The van der Waals surface area contributed by atoms with Crippen LogP contribution >= 0.6 is 0 Å². The van der Waals surface area contributed by atoms with Gasteiger partial charge in [0.25, 0.3) is 0 Å². The fourth-order valence-electron chi connectivity index (χ4n) is 10.3. The van der Waals surface area contributed by atoms with Gasteiger partial charge in [-0.3, -0.25) is 0 Å². The summed E-state index contributed by atoms with van der Waals surface area (Å²) < 4.78 is 13.4. The van der Waals surface area contributed by atoms with Crippen LogP contribution in [0.5, 0.6) is 0 Å². The van der Waals surface area contributed by atoms with Crippen LogP contribution in [0.3, 0.4) is 0 Å². The lowest BCUT2D eigenvalue weighted by atomic mass is 9.44. The van der Waals surface area contributed by atoms with Crippen molar-refractivity contribution in [2.24, 2.45) is 52.3 Å². The zero-order valence-corrected chi connectivity index (χ0v) is 19.7. The lowest BCUT2D eigenvalue weighted by molar-refractivity contribution is -0.273. The molecule has 0 aromatic rings. The Labute approximate surface area is 183 Å². The summed E-state index contributed by atoms with van der Waals surface area (Å²) in [6.45, 7) is 10.9. The number of aliphatic hydroxyl groups is 1. The van der Waals surface area contributed by atoms with Gasteiger partial charge in [0.1, 0.15) is 0 Å². The van der Waals surface area contributed by atoms with Crippen molar-refractivity contribution in [1.82, 2.24) is 0 Å². The number of ether oxygens (including phenoxy) is 2. The third-order valence-corrected chi connectivity index (χ3v) is 11.9. The van der Waals surface area contributed by atoms with E-state index in [1.165, 1.54) is 44.9 Å². The molecule has 0 aromatic heterocycles. The molecule has 6 fully saturated rings. The fourth-order valence-corrected chi connectivity index (χ4v) is 10.3. The lowest BCUT2D eigenvalue weighted by Crippen LogP contribution is -2.55. The third-order valence-electron chi connectivity index (χ3n) is 11.9. The van der Waals surface area contributed by atoms with Gasteiger partial charge in [0, 0.05) is 12.3 Å². The molecule has 1 N–H and O–H groups in total. The lowest BCUT2D eigenvalue weighted by Gasteiger charge is -2.61. The van der Waals surface area contributed by atoms with Crippen molar-refractivity contribution in [3.05, 3.63) is 0 Å². The molecule has 6 aliphatic rings. The van der Waals surface area contributed by atoms with E-state index in [4.69, 9.17) is 9.47 Å². The van der Waals surface area contributed by atoms with Gasteiger partial charge in [0.2, 0.25) is 0 Å². The van der Waals surface area contributed by atoms with Crippen molar-refractivity contribution in [3.63, 3.8) is 0 Å². The molecule has 0 aromatic carbocycles. The van der Waals surface area contributed by atoms with Gasteiger partial charge >= 0.3 is 0 Å². The van der Waals surface area contributed by atoms with Crippen LogP contribution in [-0.4, -0.2) is 29.7 Å². The maximum Gasteiger partial charge on any atom is 0.171 e. The van der Waals surface area contributed by atoms with Crippen molar-refractivity contribution in [3.8, 4) is 0 Å². The van der Waals surface area contributed by atoms with Crippen LogP contribution in [-0.2, 0) is 9.47 Å². The largest absolute Gasteiger partial charge is 0.393 e. The predicted molar refractivity (Wildman–Crippen MR) is 118 cm³/mol. The monoisotopic (exact) mass is 416 g/mol. The van der Waals surface area contributed by atoms with Gasteiger partial charge in [0.05, 0.1) is 18.8 Å². The molecular formula is C27H44O3. The Kier molecular flexibility index (Phi) is 4.58. The fraction of sp³-hybridized carbons (Fsp3) is 1.00. The third kappa shape index (κ3) is 2.61. The van der Waals surface area contributed by atoms with Crippen LogP contribution in [0.1, 0.15) is 91.9 Å². The van der Waals surface area contributed by atoms with Crippen molar-refractivity contribution < 1.29 is 14.6 Å². The van der Waals surface area contributed by atoms with Gasteiger partial charge in [-0.25, -0.2) is 0 Å². The quantitative estimate of drug-likeness (QED) is 0.543. The molecule has 1 spiro atoms. The zero-order chi connectivity index (χ0) is 20.9. The average molecular weight is 417 g/mol. The Balaban J connectivity index is 1.26. The first kappa shape index (κ1) is 20.5. The van der Waals surface area contributed by atoms with Crippen LogP contribution in [0, 0.1) is 52.3 Å². The van der Waals surface area contributed by atoms with Gasteiger partial charge in [-0.05, 0) is 104 Å². The van der Waals surface area contributed by atoms with E-state index in [1.54, 1.807) is 0 Å². The second-order valence-electron chi connectivity index (χ2n) is 13.1. The molecule has 0 amide bonds. The second-order valence-corrected chi connectivity index (χ2v) is 13.1. The van der Waals surface area contributed by atoms with Gasteiger partial charge in [-0.1, -0.05) is 27.7 Å². The van der Waals surface area contributed by atoms with E-state index in [0.29, 0.717) is 34.7 Å². The van der Waals surface area contributed by atoms with Crippen molar-refractivity contribution in [2.45, 2.75) is 110 Å². The normalized spacial score (nSPS) is 62.5. The molecule has 9 unspecified atom stereocenters. The highest BCUT2D eigenvalue weighted by atomic mass is 16.7. The van der Waals surface area contributed by atoms with Gasteiger partial charge in [0.15, 0.2) is 5.79 Å². The molecular weight excluding hydrogens is 372 g/mol. The summed E-state index contributed by atoms with van der Waals surface area (Å²) in [5.41, 5.74) is 0.899. The van der Waals surface area contributed by atoms with Crippen LogP contribution < -0.4 is 0 Å². The second kappa shape index (κ2) is 6.70. The van der Waals surface area contributed by atoms with E-state index in [0.717, 1.165) is 49.5 Å². The molecule has 12 atom stereocenters. The van der Waals surface area contributed by atoms with Crippen LogP contribution in [0.2, 0.25) is 0 Å². The van der Waals surface area contributed by atoms with E-state index < -0.39 is 0 Å². The molecule has 6 rings (SSSR count). The number of rotatable bonds is 0. The Morgan fingerprint density at radius 3 is 2.40 bits per heavy atom. The van der Waals surface area contributed by atoms with Crippen molar-refractivity contribution >= 4 is 0 Å². The summed E-state index contributed by atoms with van der Waals surface area (Å²) in [5.74, 6) is 4.93. The van der Waals surface area contributed by atoms with Crippen molar-refractivity contribution in [1.29, 1.82) is 0 Å². The summed E-state index contributed by atoms with van der Waals surface area (Å²) >= 11 is 0. The Morgan fingerprint density at radius 2 is 1.63 bits per heavy atom. The van der Waals surface area contributed by atoms with Gasteiger partial charge in [-0.2, -0.15) is 0 Å². The molecule has 0 radical (unpaired) electrons. The number of hydrogen-bond donors (Lipinski definition) is 1. The Morgan fingerprint density at radius 1 is 0.833 bits per heavy atom. The van der Waals surface area contributed by atoms with E-state index in [2.05, 4.69) is 27.7 Å². The predicted octanol–water partition coefficient (Wildman–Crippen LogP) is 5.79. The smallest absolute Gasteiger partial charge is 0.171 e. The number of hydrogen-bond acceptors (Lipinski definition) is 3. The highest BCUT2D eigenvalue weighted by Gasteiger charge is 2.69. The average Bonchev–Trinajstić information content (AvgIpc) is 3.16. The summed E-state index contributed by atoms with van der Waals surface area (Å²) in [6.07, 6.45) is 12.9. The molecule has 2 aliphatic heterocycles. The van der Waals surface area contributed by atoms with Gasteiger partial charge in [-0.15, -0.1) is 0 Å². The maximum absolute atomic E-state index is 10.3. The minimum atomic E-state index is -0.282. The molecule has 3 nitrogen and oxygen atoms in total. The van der Waals surface area contributed by atoms with E-state index in [-0.39, 0.29) is 11.9 Å². The molecule has 170 valence electrons. The molecule has 30 heavy (non-hydrogen) atoms. The SMILES string of the molecule is CC1CC[C@@]2(OC1)OC1CC3C4CCC5C[C@H](O)CCC5(C)C4CCC3(C)C1[C@@H]2C. The van der Waals surface area contributed by atoms with E-state index in [9.17, 15) is 5.11 Å². The molecule has 2 heterocycles. The molecule has 4 aliphatic carbocycles. The summed E-state index contributed by atoms with van der Waals surface area (Å²) in [6, 6.07) is 0.